The van der Waals surface area contributed by atoms with Crippen molar-refractivity contribution in [3.05, 3.63) is 76.9 Å². The lowest BCUT2D eigenvalue weighted by Crippen LogP contribution is -2.21. The average Bonchev–Trinajstić information content (AvgIpc) is 2.78. The molecule has 12 heteroatoms. The molecule has 0 radical (unpaired) electrons. The van der Waals surface area contributed by atoms with E-state index in [1.807, 2.05) is 26.0 Å². The minimum absolute atomic E-state index is 0.0738. The normalized spacial score (nSPS) is 10.9. The summed E-state index contributed by atoms with van der Waals surface area (Å²) in [5.74, 6) is -0.676. The first-order valence-electron chi connectivity index (χ1n) is 10.1. The van der Waals surface area contributed by atoms with Gasteiger partial charge in [-0.15, -0.1) is 0 Å². The molecule has 0 aliphatic carbocycles. The van der Waals surface area contributed by atoms with Crippen molar-refractivity contribution >= 4 is 52.0 Å². The lowest BCUT2D eigenvalue weighted by Gasteiger charge is -2.14. The van der Waals surface area contributed by atoms with Crippen LogP contribution in [0.5, 0.6) is 17.4 Å². The van der Waals surface area contributed by atoms with Crippen molar-refractivity contribution in [1.82, 2.24) is 9.97 Å². The summed E-state index contributed by atoms with van der Waals surface area (Å²) < 4.78 is 12.1. The van der Waals surface area contributed by atoms with Crippen molar-refractivity contribution in [3.8, 4) is 17.4 Å². The molecule has 0 saturated heterocycles. The van der Waals surface area contributed by atoms with Crippen LogP contribution in [0.3, 0.4) is 0 Å². The zero-order chi connectivity index (χ0) is 25.7. The number of carbonyl (C=O) groups is 1. The van der Waals surface area contributed by atoms with E-state index in [9.17, 15) is 24.8 Å². The van der Waals surface area contributed by atoms with Crippen molar-refractivity contribution in [2.45, 2.75) is 13.8 Å². The Morgan fingerprint density at radius 2 is 1.91 bits per heavy atom. The highest BCUT2D eigenvalue weighted by atomic mass is 127. The zero-order valence-corrected chi connectivity index (χ0v) is 21.1. The summed E-state index contributed by atoms with van der Waals surface area (Å²) in [4.78, 5) is 39.8. The summed E-state index contributed by atoms with van der Waals surface area (Å²) >= 11 is 2.22. The van der Waals surface area contributed by atoms with Crippen LogP contribution in [0, 0.1) is 27.5 Å². The second kappa shape index (κ2) is 11.0. The molecule has 0 atom stereocenters. The van der Waals surface area contributed by atoms with Crippen LogP contribution in [0.15, 0.2) is 35.1 Å². The number of carbonyl (C=O) groups excluding carboxylic acids is 1. The highest BCUT2D eigenvalue weighted by Gasteiger charge is 2.21. The number of nitrogens with one attached hydrogen (secondary N) is 2. The maximum Gasteiger partial charge on any atom is 0.395 e. The fourth-order valence-corrected chi connectivity index (χ4v) is 4.16. The topological polar surface area (TPSA) is 157 Å². The number of amides is 1. The third kappa shape index (κ3) is 6.35. The van der Waals surface area contributed by atoms with E-state index in [0.717, 1.165) is 20.4 Å². The van der Waals surface area contributed by atoms with E-state index in [0.29, 0.717) is 17.1 Å². The van der Waals surface area contributed by atoms with E-state index in [1.54, 1.807) is 24.3 Å². The van der Waals surface area contributed by atoms with Gasteiger partial charge in [-0.3, -0.25) is 19.7 Å². The number of aromatic nitrogens is 2. The Hall–Kier alpha value is -3.94. The largest absolute Gasteiger partial charge is 0.493 e. The van der Waals surface area contributed by atoms with Gasteiger partial charge in [0.25, 0.3) is 11.8 Å². The van der Waals surface area contributed by atoms with Crippen molar-refractivity contribution in [1.29, 1.82) is 0 Å². The summed E-state index contributed by atoms with van der Waals surface area (Å²) in [6.07, 6.45) is 2.91. The Kier molecular flexibility index (Phi) is 8.06. The number of hydrogen-bond acceptors (Lipinski definition) is 8. The fourth-order valence-electron chi connectivity index (χ4n) is 3.22. The molecule has 0 aliphatic rings. The van der Waals surface area contributed by atoms with Gasteiger partial charge in [-0.2, -0.15) is 4.98 Å². The lowest BCUT2D eigenvalue weighted by atomic mass is 10.1. The maximum absolute atomic E-state index is 12.4. The first kappa shape index (κ1) is 25.7. The van der Waals surface area contributed by atoms with Crippen LogP contribution in [0.1, 0.15) is 22.5 Å². The van der Waals surface area contributed by atoms with Gasteiger partial charge < -0.3 is 24.9 Å². The molecular formula is C23H21IN4O7. The van der Waals surface area contributed by atoms with Crippen molar-refractivity contribution in [3.63, 3.8) is 0 Å². The molecule has 35 heavy (non-hydrogen) atoms. The summed E-state index contributed by atoms with van der Waals surface area (Å²) in [5.41, 5.74) is 1.17. The molecule has 182 valence electrons. The van der Waals surface area contributed by atoms with Gasteiger partial charge in [-0.05, 0) is 83.5 Å². The highest BCUT2D eigenvalue weighted by molar-refractivity contribution is 14.1. The molecule has 0 fully saturated rings. The summed E-state index contributed by atoms with van der Waals surface area (Å²) in [6, 6.07) is 8.85. The molecule has 3 N–H and O–H groups in total. The molecule has 0 saturated carbocycles. The Bertz CT molecular complexity index is 1360. The Labute approximate surface area is 213 Å². The highest BCUT2D eigenvalue weighted by Crippen LogP contribution is 2.29. The number of ether oxygens (including phenoxy) is 2. The Balaban J connectivity index is 1.70. The Morgan fingerprint density at radius 1 is 1.23 bits per heavy atom. The molecule has 0 aliphatic heterocycles. The number of aromatic amines is 1. The number of rotatable bonds is 8. The van der Waals surface area contributed by atoms with Crippen LogP contribution in [0.25, 0.3) is 12.2 Å². The predicted molar refractivity (Wildman–Crippen MR) is 138 cm³/mol. The molecule has 3 aromatic rings. The van der Waals surface area contributed by atoms with Gasteiger partial charge >= 0.3 is 11.2 Å². The number of halogens is 1. The van der Waals surface area contributed by atoms with Gasteiger partial charge in [-0.1, -0.05) is 12.1 Å². The number of nitrogens with zero attached hydrogens (tertiary/aromatic N) is 2. The average molecular weight is 592 g/mol. The second-order valence-corrected chi connectivity index (χ2v) is 8.62. The van der Waals surface area contributed by atoms with Crippen LogP contribution in [0.2, 0.25) is 0 Å². The third-order valence-electron chi connectivity index (χ3n) is 4.82. The molecule has 3 rings (SSSR count). The van der Waals surface area contributed by atoms with E-state index >= 15 is 0 Å². The number of anilines is 1. The van der Waals surface area contributed by atoms with Gasteiger partial charge in [0.1, 0.15) is 5.82 Å². The van der Waals surface area contributed by atoms with E-state index in [-0.39, 0.29) is 18.3 Å². The maximum atomic E-state index is 12.4. The molecular weight excluding hydrogens is 571 g/mol. The molecule has 1 heterocycles. The van der Waals surface area contributed by atoms with Crippen molar-refractivity contribution in [2.75, 3.05) is 19.0 Å². The van der Waals surface area contributed by atoms with Gasteiger partial charge in [0.15, 0.2) is 18.1 Å². The minimum atomic E-state index is -1.07. The molecule has 0 bridgehead atoms. The second-order valence-electron chi connectivity index (χ2n) is 7.38. The van der Waals surface area contributed by atoms with E-state index in [1.165, 1.54) is 13.2 Å². The monoisotopic (exact) mass is 592 g/mol. The lowest BCUT2D eigenvalue weighted by molar-refractivity contribution is -0.387. The number of H-pyrrole nitrogens is 1. The van der Waals surface area contributed by atoms with Crippen molar-refractivity contribution in [2.24, 2.45) is 0 Å². The standard InChI is InChI=1S/C23H21IN4O7/c1-12-8-15(24)9-13(2)20(12)27-19(29)11-35-16-6-4-14(10-17(16)34-3)5-7-18-25-22(30)21(28(32)33)23(31)26-18/h4-10H,11H2,1-3H3,(H,27,29)(H2,25,26,30,31)/b7-5+. The summed E-state index contributed by atoms with van der Waals surface area (Å²) in [6.45, 7) is 3.61. The summed E-state index contributed by atoms with van der Waals surface area (Å²) in [5, 5.41) is 23.3. The molecule has 0 spiro atoms. The van der Waals surface area contributed by atoms with Gasteiger partial charge in [0.05, 0.1) is 12.0 Å². The molecule has 2 aromatic carbocycles. The van der Waals surface area contributed by atoms with Crippen LogP contribution in [0.4, 0.5) is 11.4 Å². The number of benzene rings is 2. The quantitative estimate of drug-likeness (QED) is 0.203. The van der Waals surface area contributed by atoms with Crippen LogP contribution < -0.4 is 20.3 Å². The number of methoxy groups -OCH3 is 1. The Morgan fingerprint density at radius 3 is 2.51 bits per heavy atom. The third-order valence-corrected chi connectivity index (χ3v) is 5.44. The first-order chi connectivity index (χ1) is 16.6. The number of hydrogen-bond donors (Lipinski definition) is 3. The molecule has 1 aromatic heterocycles. The van der Waals surface area contributed by atoms with Crippen LogP contribution >= 0.6 is 22.6 Å². The van der Waals surface area contributed by atoms with E-state index < -0.39 is 22.0 Å². The zero-order valence-electron chi connectivity index (χ0n) is 18.9. The fraction of sp³-hybridized carbons (Fsp3) is 0.174. The van der Waals surface area contributed by atoms with Gasteiger partial charge in [0, 0.05) is 9.26 Å². The number of nitro groups is 1. The summed E-state index contributed by atoms with van der Waals surface area (Å²) in [7, 11) is 1.45. The predicted octanol–water partition coefficient (Wildman–Crippen LogP) is 3.80. The van der Waals surface area contributed by atoms with Crippen molar-refractivity contribution < 1.29 is 24.3 Å². The van der Waals surface area contributed by atoms with E-state index in [2.05, 4.69) is 37.9 Å². The van der Waals surface area contributed by atoms with Gasteiger partial charge in [-0.25, -0.2) is 0 Å². The van der Waals surface area contributed by atoms with Crippen LogP contribution in [-0.2, 0) is 4.79 Å². The minimum Gasteiger partial charge on any atom is -0.493 e. The smallest absolute Gasteiger partial charge is 0.395 e. The number of aromatic hydroxyl groups is 1. The SMILES string of the molecule is COc1cc(/C=C/c2nc(O)c([N+](=O)[O-])c(=O)[nH]2)ccc1OCC(=O)Nc1c(C)cc(I)cc1C. The molecule has 11 nitrogen and oxygen atoms in total. The van der Waals surface area contributed by atoms with Crippen LogP contribution in [-0.4, -0.2) is 39.6 Å². The first-order valence-corrected chi connectivity index (χ1v) is 11.2. The van der Waals surface area contributed by atoms with Gasteiger partial charge in [0.2, 0.25) is 0 Å². The number of aryl methyl sites for hydroxylation is 2. The van der Waals surface area contributed by atoms with E-state index in [4.69, 9.17) is 9.47 Å². The molecule has 1 amide bonds. The molecule has 0 unspecified atom stereocenters.